The van der Waals surface area contributed by atoms with E-state index < -0.39 is 65.5 Å². The Bertz CT molecular complexity index is 656. The van der Waals surface area contributed by atoms with Gasteiger partial charge in [-0.25, -0.2) is 16.8 Å². The molecule has 0 aliphatic carbocycles. The van der Waals surface area contributed by atoms with E-state index in [-0.39, 0.29) is 12.5 Å². The quantitative estimate of drug-likeness (QED) is 0.566. The fourth-order valence-corrected chi connectivity index (χ4v) is 4.31. The first-order chi connectivity index (χ1) is 10.2. The Balaban J connectivity index is 3.74. The summed E-state index contributed by atoms with van der Waals surface area (Å²) in [6, 6.07) is 0. The van der Waals surface area contributed by atoms with Gasteiger partial charge in [-0.1, -0.05) is 0 Å². The van der Waals surface area contributed by atoms with Gasteiger partial charge in [0.25, 0.3) is 0 Å². The van der Waals surface area contributed by atoms with Crippen molar-refractivity contribution >= 4 is 20.0 Å². The Kier molecular flexibility index (Phi) is 4.81. The summed E-state index contributed by atoms with van der Waals surface area (Å²) < 4.78 is 122. The van der Waals surface area contributed by atoms with Gasteiger partial charge in [0.1, 0.15) is 0 Å². The van der Waals surface area contributed by atoms with E-state index >= 15 is 0 Å². The second-order valence-electron chi connectivity index (χ2n) is 5.17. The lowest BCUT2D eigenvalue weighted by atomic mass is 10.1. The van der Waals surface area contributed by atoms with E-state index in [4.69, 9.17) is 0 Å². The van der Waals surface area contributed by atoms with Crippen molar-refractivity contribution in [3.8, 4) is 0 Å². The zero-order valence-electron chi connectivity index (χ0n) is 11.9. The molecule has 16 heteroatoms. The molecule has 0 radical (unpaired) electrons. The van der Waals surface area contributed by atoms with Crippen molar-refractivity contribution in [1.29, 1.82) is 0 Å². The molecule has 8 nitrogen and oxygen atoms in total. The van der Waals surface area contributed by atoms with E-state index in [0.29, 0.717) is 0 Å². The molecule has 1 fully saturated rings. The maximum Gasteiger partial charge on any atom is 0.433 e. The third kappa shape index (κ3) is 3.34. The molecule has 1 rings (SSSR count). The minimum absolute atomic E-state index is 0.0661. The fourth-order valence-electron chi connectivity index (χ4n) is 2.07. The Morgan fingerprint density at radius 3 is 1.08 bits per heavy atom. The molecule has 0 bridgehead atoms. The minimum Gasteiger partial charge on any atom is -0.366 e. The predicted octanol–water partition coefficient (Wildman–Crippen LogP) is -0.975. The number of sulfonamides is 2. The van der Waals surface area contributed by atoms with E-state index in [1.165, 1.54) is 0 Å². The van der Waals surface area contributed by atoms with E-state index in [1.807, 2.05) is 0 Å². The average Bonchev–Trinajstić information content (AvgIpc) is 2.26. The summed E-state index contributed by atoms with van der Waals surface area (Å²) in [5, 5.41) is 19.3. The molecule has 2 N–H and O–H groups in total. The highest BCUT2D eigenvalue weighted by molar-refractivity contribution is 7.88. The second kappa shape index (κ2) is 5.41. The topological polar surface area (TPSA) is 115 Å². The zero-order chi connectivity index (χ0) is 19.6. The van der Waals surface area contributed by atoms with Gasteiger partial charge in [0.2, 0.25) is 31.5 Å². The van der Waals surface area contributed by atoms with Crippen molar-refractivity contribution in [3.05, 3.63) is 0 Å². The highest BCUT2D eigenvalue weighted by atomic mass is 32.2. The molecule has 0 saturated carbocycles. The van der Waals surface area contributed by atoms with Crippen molar-refractivity contribution in [1.82, 2.24) is 8.61 Å². The number of piperazine rings is 1. The third-order valence-electron chi connectivity index (χ3n) is 3.26. The molecule has 1 aliphatic heterocycles. The molecule has 144 valence electrons. The van der Waals surface area contributed by atoms with Crippen LogP contribution in [0, 0.1) is 0 Å². The molecule has 1 saturated heterocycles. The van der Waals surface area contributed by atoms with Crippen LogP contribution >= 0.6 is 0 Å². The highest BCUT2D eigenvalue weighted by Crippen LogP contribution is 2.46. The number of nitrogens with zero attached hydrogens (tertiary/aromatic N) is 2. The molecule has 0 aromatic carbocycles. The number of aliphatic hydroxyl groups is 2. The van der Waals surface area contributed by atoms with Crippen LogP contribution in [-0.4, -0.2) is 85.1 Å². The zero-order valence-corrected chi connectivity index (χ0v) is 13.6. The highest BCUT2D eigenvalue weighted by Gasteiger charge is 2.73. The molecular weight excluding hydrogens is 398 g/mol. The largest absolute Gasteiger partial charge is 0.433 e. The van der Waals surface area contributed by atoms with Crippen LogP contribution in [0.25, 0.3) is 0 Å². The number of rotatable bonds is 2. The summed E-state index contributed by atoms with van der Waals surface area (Å²) in [5.41, 5.74) is -9.00. The minimum atomic E-state index is -5.86. The van der Waals surface area contributed by atoms with Gasteiger partial charge in [0.05, 0.1) is 25.6 Å². The van der Waals surface area contributed by atoms with Gasteiger partial charge in [-0.2, -0.15) is 35.0 Å². The van der Waals surface area contributed by atoms with E-state index in [0.717, 1.165) is 0 Å². The summed E-state index contributed by atoms with van der Waals surface area (Å²) in [6.45, 7) is -4.81. The van der Waals surface area contributed by atoms with Crippen LogP contribution in [0.4, 0.5) is 26.3 Å². The Morgan fingerprint density at radius 2 is 0.958 bits per heavy atom. The van der Waals surface area contributed by atoms with Crippen LogP contribution in [0.2, 0.25) is 0 Å². The molecule has 1 aliphatic rings. The Hall–Kier alpha value is -0.680. The van der Waals surface area contributed by atoms with Crippen molar-refractivity contribution in [3.63, 3.8) is 0 Å². The molecular formula is C8H12F6N2O6S2. The molecule has 0 spiro atoms. The molecule has 24 heavy (non-hydrogen) atoms. The molecule has 0 aromatic heterocycles. The number of alkyl halides is 6. The summed E-state index contributed by atoms with van der Waals surface area (Å²) >= 11 is 0. The van der Waals surface area contributed by atoms with Crippen molar-refractivity contribution in [2.75, 3.05) is 25.6 Å². The smallest absolute Gasteiger partial charge is 0.366 e. The third-order valence-corrected chi connectivity index (χ3v) is 5.73. The monoisotopic (exact) mass is 410 g/mol. The molecule has 0 amide bonds. The normalized spacial score (nSPS) is 32.1. The first-order valence-corrected chi connectivity index (χ1v) is 9.41. The molecule has 1 heterocycles. The van der Waals surface area contributed by atoms with Crippen molar-refractivity contribution in [2.24, 2.45) is 0 Å². The second-order valence-corrected chi connectivity index (χ2v) is 8.98. The maximum absolute atomic E-state index is 13.1. The summed E-state index contributed by atoms with van der Waals surface area (Å²) in [4.78, 5) is 0. The lowest BCUT2D eigenvalue weighted by Crippen LogP contribution is -2.80. The number of hydrogen-bond donors (Lipinski definition) is 2. The molecule has 0 aromatic rings. The number of halogens is 6. The van der Waals surface area contributed by atoms with Gasteiger partial charge >= 0.3 is 12.4 Å². The average molecular weight is 410 g/mol. The van der Waals surface area contributed by atoms with E-state index in [2.05, 4.69) is 0 Å². The van der Waals surface area contributed by atoms with Crippen LogP contribution in [0.5, 0.6) is 0 Å². The number of hydrogen-bond acceptors (Lipinski definition) is 6. The number of β-amino-alcohol motifs (C(OH)–C–C–N with tert-alkyl or cyclic N) is 2. The van der Waals surface area contributed by atoms with Gasteiger partial charge in [-0.3, -0.25) is 0 Å². The maximum atomic E-state index is 13.1. The SMILES string of the molecule is CS(=O)(=O)N1C[C@@](O)(C(F)(F)F)N(S(C)(=O)=O)C[C@@]1(O)C(F)(F)F. The summed E-state index contributed by atoms with van der Waals surface area (Å²) in [7, 11) is -10.3. The lowest BCUT2D eigenvalue weighted by Gasteiger charge is -2.52. The summed E-state index contributed by atoms with van der Waals surface area (Å²) in [5.74, 6) is 0. The van der Waals surface area contributed by atoms with Crippen molar-refractivity contribution in [2.45, 2.75) is 23.8 Å². The van der Waals surface area contributed by atoms with Crippen LogP contribution < -0.4 is 0 Å². The van der Waals surface area contributed by atoms with Gasteiger partial charge in [-0.15, -0.1) is 0 Å². The fraction of sp³-hybridized carbons (Fsp3) is 1.00. The van der Waals surface area contributed by atoms with Crippen LogP contribution in [0.1, 0.15) is 0 Å². The van der Waals surface area contributed by atoms with E-state index in [1.54, 1.807) is 0 Å². The van der Waals surface area contributed by atoms with Gasteiger partial charge < -0.3 is 10.2 Å². The van der Waals surface area contributed by atoms with Crippen LogP contribution in [0.15, 0.2) is 0 Å². The first kappa shape index (κ1) is 21.4. The standard InChI is InChI=1S/C8H12F6N2O6S2/c1-23(19,20)15-3-6(18,8(12,13)14)16(24(2,21)22)4-5(15,17)7(9,10)11/h17-18H,3-4H2,1-2H3/t5-,6-/m1/s1. The first-order valence-electron chi connectivity index (χ1n) is 5.72. The van der Waals surface area contributed by atoms with Crippen molar-refractivity contribution < 1.29 is 53.4 Å². The molecule has 2 atom stereocenters. The van der Waals surface area contributed by atoms with Gasteiger partial charge in [0.15, 0.2) is 0 Å². The van der Waals surface area contributed by atoms with Crippen LogP contribution in [-0.2, 0) is 20.0 Å². The molecule has 0 unspecified atom stereocenters. The van der Waals surface area contributed by atoms with Crippen LogP contribution in [0.3, 0.4) is 0 Å². The van der Waals surface area contributed by atoms with E-state index in [9.17, 15) is 53.4 Å². The van der Waals surface area contributed by atoms with Gasteiger partial charge in [-0.05, 0) is 0 Å². The summed E-state index contributed by atoms with van der Waals surface area (Å²) in [6.07, 6.45) is -11.6. The lowest BCUT2D eigenvalue weighted by molar-refractivity contribution is -0.368. The van der Waals surface area contributed by atoms with Gasteiger partial charge in [0, 0.05) is 0 Å². The Morgan fingerprint density at radius 1 is 0.750 bits per heavy atom. The predicted molar refractivity (Wildman–Crippen MR) is 65.1 cm³/mol. The Labute approximate surface area is 132 Å².